The number of hydrogen-bond acceptors (Lipinski definition) is 5. The van der Waals surface area contributed by atoms with Crippen LogP contribution in [0.3, 0.4) is 0 Å². The van der Waals surface area contributed by atoms with Crippen LogP contribution >= 0.6 is 109 Å². The Morgan fingerprint density at radius 2 is 0.613 bits per heavy atom. The number of alkyl halides is 6. The zero-order valence-corrected chi connectivity index (χ0v) is 52.6. The van der Waals surface area contributed by atoms with Gasteiger partial charge in [-0.1, -0.05) is 0 Å². The molecule has 9 aromatic carbocycles. The molecule has 0 aliphatic rings. The summed E-state index contributed by atoms with van der Waals surface area (Å²) in [6, 6.07) is 60.3. The summed E-state index contributed by atoms with van der Waals surface area (Å²) < 4.78 is 116. The summed E-state index contributed by atoms with van der Waals surface area (Å²) in [5.41, 5.74) is -2.99. The fraction of sp³-hybridized carbons (Fsp3) is 0.0667. The second-order valence-electron chi connectivity index (χ2n) is 18.4. The third-order valence-corrected chi connectivity index (χ3v) is 28.5. The van der Waals surface area contributed by atoms with E-state index in [0.717, 1.165) is 0 Å². The number of rotatable bonds is 18. The number of carbonyl (C=O) groups is 2. The number of Topliss-reactive ketones (excluding diaryl/α,β-unsaturated/α-hetero) is 2. The van der Waals surface area contributed by atoms with Crippen molar-refractivity contribution < 1.29 is 49.5 Å². The van der Waals surface area contributed by atoms with Crippen molar-refractivity contribution in [3.8, 4) is 5.75 Å². The van der Waals surface area contributed by atoms with Crippen LogP contribution in [0.15, 0.2) is 251 Å². The van der Waals surface area contributed by atoms with Gasteiger partial charge in [0.2, 0.25) is 0 Å². The molecule has 0 N–H and O–H groups in total. The summed E-state index contributed by atoms with van der Waals surface area (Å²) in [5.74, 6) is -1.97. The predicted molar refractivity (Wildman–Crippen MR) is 333 cm³/mol. The molecular weight excluding hydrogens is 1470 g/mol. The van der Waals surface area contributed by atoms with E-state index in [1.807, 2.05) is 0 Å². The maximum absolute atomic E-state index is 16.1. The van der Waals surface area contributed by atoms with Gasteiger partial charge in [0.1, 0.15) is 0 Å². The van der Waals surface area contributed by atoms with Crippen molar-refractivity contribution in [1.82, 2.24) is 0 Å². The molecule has 0 heterocycles. The molecule has 0 spiro atoms. The molecule has 5 nitrogen and oxygen atoms in total. The van der Waals surface area contributed by atoms with E-state index in [-0.39, 0.29) is 17.2 Å². The van der Waals surface area contributed by atoms with Crippen molar-refractivity contribution in [2.24, 2.45) is 0 Å². The molecule has 9 aromatic rings. The fourth-order valence-corrected chi connectivity index (χ4v) is 26.6. The molecule has 0 fully saturated rings. The summed E-state index contributed by atoms with van der Waals surface area (Å²) in [7, 11) is -2.44. The predicted octanol–water partition coefficient (Wildman–Crippen LogP) is 17.4. The van der Waals surface area contributed by atoms with Gasteiger partial charge in [0.25, 0.3) is 0 Å². The van der Waals surface area contributed by atoms with Crippen molar-refractivity contribution in [1.29, 1.82) is 0 Å². The molecule has 20 heteroatoms. The summed E-state index contributed by atoms with van der Waals surface area (Å²) >= 11 is 21.6. The Balaban J connectivity index is 1.49. The summed E-state index contributed by atoms with van der Waals surface area (Å²) in [4.78, 5) is 32.2. The van der Waals surface area contributed by atoms with Gasteiger partial charge in [0.15, 0.2) is 0 Å². The monoisotopic (exact) mass is 1500 g/mol. The zero-order chi connectivity index (χ0) is 57.1. The van der Waals surface area contributed by atoms with E-state index >= 15 is 35.9 Å². The summed E-state index contributed by atoms with van der Waals surface area (Å²) in [5, 5.41) is 2.36. The van der Waals surface area contributed by atoms with E-state index in [1.54, 1.807) is 206 Å². The third kappa shape index (κ3) is 11.4. The van der Waals surface area contributed by atoms with Crippen LogP contribution in [0.5, 0.6) is 5.75 Å². The van der Waals surface area contributed by atoms with Crippen LogP contribution in [-0.2, 0) is 21.2 Å². The number of benzene rings is 9. The van der Waals surface area contributed by atoms with Gasteiger partial charge < -0.3 is 0 Å². The van der Waals surface area contributed by atoms with Crippen molar-refractivity contribution in [3.63, 3.8) is 0 Å². The minimum atomic E-state index is -5.41. The second kappa shape index (κ2) is 24.0. The Morgan fingerprint density at radius 3 is 0.838 bits per heavy atom. The van der Waals surface area contributed by atoms with Crippen molar-refractivity contribution in [2.45, 2.75) is 12.4 Å². The molecule has 0 atom stereocenters. The summed E-state index contributed by atoms with van der Waals surface area (Å²) in [6.45, 7) is -10.8. The van der Waals surface area contributed by atoms with Crippen molar-refractivity contribution >= 4 is 160 Å². The van der Waals surface area contributed by atoms with E-state index in [2.05, 4.69) is 95.6 Å². The van der Waals surface area contributed by atoms with Gasteiger partial charge in [0.05, 0.1) is 0 Å². The van der Waals surface area contributed by atoms with Gasteiger partial charge >= 0.3 is 513 Å². The molecule has 80 heavy (non-hydrogen) atoms. The number of carbonyl (C=O) groups excluding carboxylic acids is 2. The first kappa shape index (κ1) is 60.0. The Morgan fingerprint density at radius 1 is 0.375 bits per heavy atom. The molecule has 0 aromatic heterocycles. The average Bonchev–Trinajstić information content (AvgIpc) is 2.78. The molecule has 0 saturated heterocycles. The van der Waals surface area contributed by atoms with Crippen LogP contribution < -0.4 is 36.5 Å². The number of halogens is 12. The molecule has 0 amide bonds. The Bertz CT molecular complexity index is 3240. The van der Waals surface area contributed by atoms with Crippen LogP contribution in [-0.4, -0.2) is 31.2 Å². The van der Waals surface area contributed by atoms with Crippen molar-refractivity contribution in [3.05, 3.63) is 274 Å². The van der Waals surface area contributed by atoms with E-state index in [4.69, 9.17) is 13.5 Å². The van der Waals surface area contributed by atoms with E-state index in [1.165, 1.54) is 0 Å². The first-order valence-corrected chi connectivity index (χ1v) is 33.6. The van der Waals surface area contributed by atoms with Crippen LogP contribution in [0.25, 0.3) is 0 Å². The molecule has 9 rings (SSSR count). The Kier molecular flexibility index (Phi) is 18.0. The van der Waals surface area contributed by atoms with Crippen LogP contribution in [0, 0.1) is 0 Å². The van der Waals surface area contributed by atoms with Gasteiger partial charge in [-0.05, 0) is 0 Å². The van der Waals surface area contributed by atoms with E-state index in [0.29, 0.717) is 70.8 Å². The molecule has 0 aliphatic carbocycles. The van der Waals surface area contributed by atoms with E-state index in [9.17, 15) is 0 Å². The van der Waals surface area contributed by atoms with Gasteiger partial charge in [-0.25, -0.2) is 0 Å². The number of hydrogen-bond donors (Lipinski definition) is 0. The van der Waals surface area contributed by atoms with Crippen molar-refractivity contribution in [2.75, 3.05) is 12.3 Å². The quantitative estimate of drug-likeness (QED) is 0.0371. The standard InChI is InChI=1S/C60H41BBr6F6O5P2/c62-42-34-51(64)57(52(65)35-42)55(74)38-79(45-19-7-1-8-20-45,46-21-9-2-10-22-46,47-23-11-3-12-24-47)77-61(76-44-32-40(59(68,69)70)31-41(33-44)60(71,72)73)78-80(48-25-13-4-14-26-48,49-27-15-5-16-28-49,50-29-17-6-18-30-50)39-56(75)58-53(66)36-43(63)37-54(58)67/h1-37H,38-39H2. The first-order chi connectivity index (χ1) is 38.1. The second-order valence-corrected chi connectivity index (χ2v) is 32.7. The number of ketones is 2. The summed E-state index contributed by atoms with van der Waals surface area (Å²) in [6.07, 6.45) is -11.7. The maximum atomic E-state index is 16.1. The minimum absolute atomic E-state index is 0.00137. The molecule has 0 radical (unpaired) electrons. The Hall–Kier alpha value is -4.58. The fourth-order valence-electron chi connectivity index (χ4n) is 10.2. The topological polar surface area (TPSA) is 61.8 Å². The van der Waals surface area contributed by atoms with Gasteiger partial charge in [-0.15, -0.1) is 0 Å². The zero-order valence-electron chi connectivity index (χ0n) is 41.3. The van der Waals surface area contributed by atoms with Crippen LogP contribution in [0.1, 0.15) is 31.8 Å². The average molecular weight is 1510 g/mol. The van der Waals surface area contributed by atoms with Gasteiger partial charge in [-0.3, -0.25) is 0 Å². The normalized spacial score (nSPS) is 13.1. The molecule has 0 saturated carbocycles. The van der Waals surface area contributed by atoms with Crippen LogP contribution in [0.2, 0.25) is 0 Å². The molecule has 0 unspecified atom stereocenters. The van der Waals surface area contributed by atoms with Gasteiger partial charge in [0, 0.05) is 0 Å². The molecule has 408 valence electrons. The SMILES string of the molecule is O=C(CP(OB(Oc1cc(C(F)(F)F)cc(C(F)(F)F)c1)OP(CC(=O)c1c(Br)cc(Br)cc1Br)(c1ccccc1)(c1ccccc1)c1ccccc1)(c1ccccc1)(c1ccccc1)c1ccccc1)c1c(Br)cc(Br)cc1Br. The Labute approximate surface area is 508 Å². The first-order valence-electron chi connectivity index (χ1n) is 24.1. The third-order valence-electron chi connectivity index (χ3n) is 13.7. The van der Waals surface area contributed by atoms with E-state index < -0.39 is 74.1 Å². The molecular formula is C60H41BBr6F6O5P2. The molecule has 0 bridgehead atoms. The molecule has 0 aliphatic heterocycles. The van der Waals surface area contributed by atoms with Crippen LogP contribution in [0.4, 0.5) is 26.3 Å². The van der Waals surface area contributed by atoms with Gasteiger partial charge in [-0.2, -0.15) is 0 Å².